The van der Waals surface area contributed by atoms with Crippen LogP contribution in [0, 0.1) is 10.1 Å². The van der Waals surface area contributed by atoms with E-state index in [1.54, 1.807) is 17.8 Å². The molecule has 0 atom stereocenters. The number of nitrogens with one attached hydrogen (secondary N) is 1. The smallest absolute Gasteiger partial charge is 0.270 e. The summed E-state index contributed by atoms with van der Waals surface area (Å²) in [6.07, 6.45) is 3.81. The number of halogens is 1. The van der Waals surface area contributed by atoms with Crippen molar-refractivity contribution in [3.63, 3.8) is 0 Å². The molecule has 3 rings (SSSR count). The van der Waals surface area contributed by atoms with Gasteiger partial charge in [-0.25, -0.2) is 4.99 Å². The van der Waals surface area contributed by atoms with Gasteiger partial charge in [-0.1, -0.05) is 12.1 Å². The topological polar surface area (TPSA) is 84.6 Å². The Kier molecular flexibility index (Phi) is 5.80. The summed E-state index contributed by atoms with van der Waals surface area (Å²) < 4.78 is 0.485. The number of carbonyl (C=O) groups excluding carboxylic acids is 1. The molecule has 1 amide bonds. The van der Waals surface area contributed by atoms with Crippen LogP contribution in [-0.2, 0) is 4.79 Å². The molecule has 6 nitrogen and oxygen atoms in total. The van der Waals surface area contributed by atoms with Gasteiger partial charge in [-0.15, -0.1) is 11.8 Å². The molecular weight excluding hydrogens is 438 g/mol. The molecule has 1 aliphatic rings. The number of amides is 1. The number of nitro groups is 1. The Labute approximate surface area is 166 Å². The first-order valence-corrected chi connectivity index (χ1v) is 10.2. The normalized spacial score (nSPS) is 16.9. The summed E-state index contributed by atoms with van der Waals surface area (Å²) in [5, 5.41) is 13.9. The second kappa shape index (κ2) is 8.07. The Morgan fingerprint density at radius 3 is 2.62 bits per heavy atom. The third-order valence-corrected chi connectivity index (χ3v) is 5.72. The highest BCUT2D eigenvalue weighted by molar-refractivity contribution is 9.10. The summed E-state index contributed by atoms with van der Waals surface area (Å²) in [5.41, 5.74) is 1.40. The van der Waals surface area contributed by atoms with Gasteiger partial charge >= 0.3 is 0 Å². The highest BCUT2D eigenvalue weighted by Crippen LogP contribution is 2.33. The van der Waals surface area contributed by atoms with Crippen molar-refractivity contribution in [1.82, 2.24) is 5.32 Å². The maximum Gasteiger partial charge on any atom is 0.270 e. The van der Waals surface area contributed by atoms with Gasteiger partial charge in [-0.05, 0) is 63.8 Å². The molecule has 2 aromatic carbocycles. The van der Waals surface area contributed by atoms with E-state index in [0.29, 0.717) is 20.2 Å². The van der Waals surface area contributed by atoms with E-state index in [1.807, 2.05) is 30.5 Å². The van der Waals surface area contributed by atoms with Crippen molar-refractivity contribution in [1.29, 1.82) is 0 Å². The number of hydrogen-bond donors (Lipinski definition) is 1. The summed E-state index contributed by atoms with van der Waals surface area (Å²) in [7, 11) is 0. The van der Waals surface area contributed by atoms with Gasteiger partial charge in [0.25, 0.3) is 11.6 Å². The monoisotopic (exact) mass is 449 g/mol. The van der Waals surface area contributed by atoms with Gasteiger partial charge in [-0.2, -0.15) is 0 Å². The van der Waals surface area contributed by atoms with Crippen molar-refractivity contribution in [3.8, 4) is 0 Å². The lowest BCUT2D eigenvalue weighted by Gasteiger charge is -2.00. The SMILES string of the molecule is CSc1ccc(/C=C2/SC(=Nc3ccc([N+](=O)[O-])cc3Br)NC2=O)cc1. The first kappa shape index (κ1) is 18.7. The molecule has 0 bridgehead atoms. The number of aliphatic imine (C=N–C) groups is 1. The molecule has 132 valence electrons. The van der Waals surface area contributed by atoms with Crippen LogP contribution in [0.1, 0.15) is 5.56 Å². The third-order valence-electron chi connectivity index (χ3n) is 3.43. The van der Waals surface area contributed by atoms with Crippen molar-refractivity contribution < 1.29 is 9.72 Å². The van der Waals surface area contributed by atoms with Gasteiger partial charge in [0.2, 0.25) is 0 Å². The summed E-state index contributed by atoms with van der Waals surface area (Å²) >= 11 is 6.15. The maximum atomic E-state index is 12.1. The van der Waals surface area contributed by atoms with Crippen LogP contribution in [0.3, 0.4) is 0 Å². The van der Waals surface area contributed by atoms with E-state index in [4.69, 9.17) is 0 Å². The number of hydrogen-bond acceptors (Lipinski definition) is 6. The second-order valence-corrected chi connectivity index (χ2v) is 7.91. The van der Waals surface area contributed by atoms with E-state index in [1.165, 1.54) is 30.0 Å². The summed E-state index contributed by atoms with van der Waals surface area (Å²) in [6.45, 7) is 0. The molecule has 1 fully saturated rings. The molecule has 1 aliphatic heterocycles. The van der Waals surface area contributed by atoms with Crippen LogP contribution < -0.4 is 5.32 Å². The number of thioether (sulfide) groups is 2. The lowest BCUT2D eigenvalue weighted by Crippen LogP contribution is -2.19. The number of non-ortho nitro benzene ring substituents is 1. The molecule has 0 spiro atoms. The molecule has 0 aliphatic carbocycles. The van der Waals surface area contributed by atoms with Crippen LogP contribution in [0.15, 0.2) is 61.7 Å². The zero-order chi connectivity index (χ0) is 18.7. The third kappa shape index (κ3) is 4.35. The van der Waals surface area contributed by atoms with Gasteiger partial charge in [-0.3, -0.25) is 14.9 Å². The highest BCUT2D eigenvalue weighted by atomic mass is 79.9. The van der Waals surface area contributed by atoms with Crippen molar-refractivity contribution in [3.05, 3.63) is 67.5 Å². The van der Waals surface area contributed by atoms with E-state index in [0.717, 1.165) is 10.5 Å². The predicted molar refractivity (Wildman–Crippen MR) is 110 cm³/mol. The molecule has 0 unspecified atom stereocenters. The van der Waals surface area contributed by atoms with E-state index >= 15 is 0 Å². The average Bonchev–Trinajstić information content (AvgIpc) is 2.96. The van der Waals surface area contributed by atoms with Gasteiger partial charge in [0.1, 0.15) is 0 Å². The molecule has 0 aromatic heterocycles. The quantitative estimate of drug-likeness (QED) is 0.308. The first-order valence-electron chi connectivity index (χ1n) is 7.34. The van der Waals surface area contributed by atoms with Crippen molar-refractivity contribution >= 4 is 68.0 Å². The van der Waals surface area contributed by atoms with Crippen molar-refractivity contribution in [2.24, 2.45) is 4.99 Å². The standard InChI is InChI=1S/C17H12BrN3O3S2/c1-25-12-5-2-10(3-6-12)8-15-16(22)20-17(26-15)19-14-7-4-11(21(23)24)9-13(14)18/h2-9H,1H3,(H,19,20,22)/b15-8+. The van der Waals surface area contributed by atoms with Crippen LogP contribution >= 0.6 is 39.5 Å². The molecule has 0 radical (unpaired) electrons. The Balaban J connectivity index is 1.81. The first-order chi connectivity index (χ1) is 12.5. The number of rotatable bonds is 4. The average molecular weight is 450 g/mol. The maximum absolute atomic E-state index is 12.1. The second-order valence-electron chi connectivity index (χ2n) is 5.15. The van der Waals surface area contributed by atoms with Crippen LogP contribution in [0.2, 0.25) is 0 Å². The molecule has 1 heterocycles. The number of nitro benzene ring substituents is 1. The number of carbonyl (C=O) groups is 1. The number of benzene rings is 2. The Bertz CT molecular complexity index is 943. The van der Waals surface area contributed by atoms with Crippen molar-refractivity contribution in [2.45, 2.75) is 4.90 Å². The minimum Gasteiger partial charge on any atom is -0.300 e. The lowest BCUT2D eigenvalue weighted by atomic mass is 10.2. The molecular formula is C17H12BrN3O3S2. The Hall–Kier alpha value is -2.10. The van der Waals surface area contributed by atoms with E-state index in [9.17, 15) is 14.9 Å². The van der Waals surface area contributed by atoms with Crippen LogP contribution in [0.25, 0.3) is 6.08 Å². The van der Waals surface area contributed by atoms with Crippen LogP contribution in [0.5, 0.6) is 0 Å². The minimum atomic E-state index is -0.475. The molecule has 1 saturated heterocycles. The minimum absolute atomic E-state index is 0.0294. The van der Waals surface area contributed by atoms with Gasteiger partial charge in [0.15, 0.2) is 5.17 Å². The van der Waals surface area contributed by atoms with Crippen LogP contribution in [-0.4, -0.2) is 22.3 Å². The fraction of sp³-hybridized carbons (Fsp3) is 0.0588. The molecule has 26 heavy (non-hydrogen) atoms. The fourth-order valence-corrected chi connectivity index (χ4v) is 3.84. The summed E-state index contributed by atoms with van der Waals surface area (Å²) in [4.78, 5) is 28.5. The zero-order valence-corrected chi connectivity index (χ0v) is 16.7. The highest BCUT2D eigenvalue weighted by Gasteiger charge is 2.24. The zero-order valence-electron chi connectivity index (χ0n) is 13.4. The lowest BCUT2D eigenvalue weighted by molar-refractivity contribution is -0.384. The van der Waals surface area contributed by atoms with Gasteiger partial charge < -0.3 is 5.32 Å². The summed E-state index contributed by atoms with van der Waals surface area (Å²) in [6, 6.07) is 12.2. The molecule has 2 aromatic rings. The van der Waals surface area contributed by atoms with Gasteiger partial charge in [0.05, 0.1) is 20.0 Å². The predicted octanol–water partition coefficient (Wildman–Crippen LogP) is 4.97. The van der Waals surface area contributed by atoms with E-state index in [2.05, 4.69) is 26.2 Å². The van der Waals surface area contributed by atoms with E-state index < -0.39 is 4.92 Å². The summed E-state index contributed by atoms with van der Waals surface area (Å²) in [5.74, 6) is -0.222. The van der Waals surface area contributed by atoms with E-state index in [-0.39, 0.29) is 11.6 Å². The largest absolute Gasteiger partial charge is 0.300 e. The fourth-order valence-electron chi connectivity index (χ4n) is 2.14. The number of nitrogens with zero attached hydrogens (tertiary/aromatic N) is 2. The van der Waals surface area contributed by atoms with Crippen LogP contribution in [0.4, 0.5) is 11.4 Å². The van der Waals surface area contributed by atoms with Gasteiger partial charge in [0, 0.05) is 17.0 Å². The Morgan fingerprint density at radius 1 is 1.27 bits per heavy atom. The molecule has 0 saturated carbocycles. The Morgan fingerprint density at radius 2 is 2.00 bits per heavy atom. The van der Waals surface area contributed by atoms with Crippen molar-refractivity contribution in [2.75, 3.05) is 6.26 Å². The molecule has 9 heteroatoms. The number of amidine groups is 1. The molecule has 1 N–H and O–H groups in total.